The minimum absolute atomic E-state index is 0.00991. The van der Waals surface area contributed by atoms with Crippen molar-refractivity contribution >= 4 is 34.0 Å². The van der Waals surface area contributed by atoms with Crippen LogP contribution in [0.1, 0.15) is 24.3 Å². The Labute approximate surface area is 139 Å². The molecular weight excluding hydrogens is 312 g/mol. The lowest BCUT2D eigenvalue weighted by Gasteiger charge is -2.16. The second kappa shape index (κ2) is 7.73. The van der Waals surface area contributed by atoms with Gasteiger partial charge in [-0.2, -0.15) is 0 Å². The number of thiazole rings is 1. The number of nitrogens with zero attached hydrogens (tertiary/aromatic N) is 2. The molecule has 0 aliphatic carbocycles. The van der Waals surface area contributed by atoms with Gasteiger partial charge in [0.25, 0.3) is 5.91 Å². The Morgan fingerprint density at radius 1 is 1.26 bits per heavy atom. The molecule has 2 amide bonds. The topological polar surface area (TPSA) is 74.3 Å². The molecule has 0 aliphatic rings. The van der Waals surface area contributed by atoms with Crippen LogP contribution in [-0.4, -0.2) is 41.3 Å². The van der Waals surface area contributed by atoms with Gasteiger partial charge in [-0.25, -0.2) is 4.98 Å². The second-order valence-corrected chi connectivity index (χ2v) is 6.27. The van der Waals surface area contributed by atoms with E-state index in [-0.39, 0.29) is 24.4 Å². The Morgan fingerprint density at radius 2 is 1.96 bits per heavy atom. The first-order valence-corrected chi connectivity index (χ1v) is 8.16. The van der Waals surface area contributed by atoms with Crippen molar-refractivity contribution in [3.63, 3.8) is 0 Å². The number of carbonyl (C=O) groups excluding carboxylic acids is 2. The molecule has 0 atom stereocenters. The van der Waals surface area contributed by atoms with Crippen LogP contribution in [0.4, 0.5) is 10.8 Å². The zero-order valence-electron chi connectivity index (χ0n) is 13.4. The van der Waals surface area contributed by atoms with Crippen molar-refractivity contribution in [1.29, 1.82) is 0 Å². The maximum absolute atomic E-state index is 12.3. The van der Waals surface area contributed by atoms with Crippen molar-refractivity contribution in [1.82, 2.24) is 15.2 Å². The van der Waals surface area contributed by atoms with Crippen molar-refractivity contribution in [2.45, 2.75) is 19.9 Å². The zero-order chi connectivity index (χ0) is 16.8. The van der Waals surface area contributed by atoms with Gasteiger partial charge in [-0.15, -0.1) is 11.3 Å². The summed E-state index contributed by atoms with van der Waals surface area (Å²) in [6.45, 7) is 3.76. The van der Waals surface area contributed by atoms with Crippen LogP contribution in [0.15, 0.2) is 35.7 Å². The summed E-state index contributed by atoms with van der Waals surface area (Å²) in [6.07, 6.45) is 0. The van der Waals surface area contributed by atoms with E-state index in [0.29, 0.717) is 10.8 Å². The molecule has 23 heavy (non-hydrogen) atoms. The van der Waals surface area contributed by atoms with Crippen LogP contribution in [-0.2, 0) is 4.79 Å². The van der Waals surface area contributed by atoms with Crippen LogP contribution >= 0.6 is 11.3 Å². The highest BCUT2D eigenvalue weighted by atomic mass is 32.1. The molecule has 0 spiro atoms. The quantitative estimate of drug-likeness (QED) is 0.852. The van der Waals surface area contributed by atoms with Crippen molar-refractivity contribution in [3.05, 3.63) is 41.4 Å². The lowest BCUT2D eigenvalue weighted by Crippen LogP contribution is -2.40. The first kappa shape index (κ1) is 17.0. The predicted octanol–water partition coefficient (Wildman–Crippen LogP) is 2.48. The van der Waals surface area contributed by atoms with E-state index in [1.165, 1.54) is 16.2 Å². The predicted molar refractivity (Wildman–Crippen MR) is 92.1 cm³/mol. The van der Waals surface area contributed by atoms with E-state index in [9.17, 15) is 9.59 Å². The Balaban J connectivity index is 1.96. The first-order chi connectivity index (χ1) is 11.0. The van der Waals surface area contributed by atoms with Gasteiger partial charge in [0.15, 0.2) is 5.13 Å². The molecule has 0 bridgehead atoms. The smallest absolute Gasteiger partial charge is 0.273 e. The minimum atomic E-state index is -0.277. The maximum Gasteiger partial charge on any atom is 0.273 e. The number of carbonyl (C=O) groups is 2. The van der Waals surface area contributed by atoms with Crippen LogP contribution in [0.2, 0.25) is 0 Å². The summed E-state index contributed by atoms with van der Waals surface area (Å²) in [4.78, 5) is 29.6. The number of aromatic nitrogens is 1. The summed E-state index contributed by atoms with van der Waals surface area (Å²) in [6, 6.07) is 9.66. The molecule has 2 aromatic rings. The molecule has 1 aromatic carbocycles. The van der Waals surface area contributed by atoms with Crippen molar-refractivity contribution in [2.24, 2.45) is 0 Å². The third-order valence-electron chi connectivity index (χ3n) is 2.93. The molecule has 6 nitrogen and oxygen atoms in total. The second-order valence-electron chi connectivity index (χ2n) is 5.41. The molecule has 2 N–H and O–H groups in total. The summed E-state index contributed by atoms with van der Waals surface area (Å²) in [5.74, 6) is -0.463. The molecule has 1 aromatic heterocycles. The summed E-state index contributed by atoms with van der Waals surface area (Å²) in [7, 11) is 1.59. The van der Waals surface area contributed by atoms with E-state index in [1.54, 1.807) is 12.4 Å². The highest BCUT2D eigenvalue weighted by Crippen LogP contribution is 2.21. The van der Waals surface area contributed by atoms with Crippen LogP contribution < -0.4 is 10.6 Å². The van der Waals surface area contributed by atoms with Gasteiger partial charge in [-0.3, -0.25) is 9.59 Å². The third kappa shape index (κ3) is 5.07. The lowest BCUT2D eigenvalue weighted by atomic mass is 10.3. The van der Waals surface area contributed by atoms with E-state index in [1.807, 2.05) is 44.2 Å². The molecule has 122 valence electrons. The molecule has 0 aliphatic heterocycles. The third-order valence-corrected chi connectivity index (χ3v) is 3.68. The summed E-state index contributed by atoms with van der Waals surface area (Å²) in [5, 5.41) is 8.22. The van der Waals surface area contributed by atoms with Crippen molar-refractivity contribution < 1.29 is 9.59 Å². The highest BCUT2D eigenvalue weighted by Gasteiger charge is 2.18. The normalized spacial score (nSPS) is 10.4. The largest absolute Gasteiger partial charge is 0.352 e. The Kier molecular flexibility index (Phi) is 5.70. The van der Waals surface area contributed by atoms with Crippen LogP contribution in [0, 0.1) is 0 Å². The van der Waals surface area contributed by atoms with Crippen LogP contribution in [0.5, 0.6) is 0 Å². The van der Waals surface area contributed by atoms with E-state index in [2.05, 4.69) is 15.6 Å². The number of benzene rings is 1. The number of hydrogen-bond donors (Lipinski definition) is 2. The van der Waals surface area contributed by atoms with E-state index < -0.39 is 0 Å². The summed E-state index contributed by atoms with van der Waals surface area (Å²) < 4.78 is 0. The fraction of sp³-hybridized carbons (Fsp3) is 0.312. The number of hydrogen-bond acceptors (Lipinski definition) is 5. The average Bonchev–Trinajstić information content (AvgIpc) is 2.95. The van der Waals surface area contributed by atoms with E-state index in [4.69, 9.17) is 0 Å². The van der Waals surface area contributed by atoms with Gasteiger partial charge in [0.05, 0.1) is 6.54 Å². The van der Waals surface area contributed by atoms with Gasteiger partial charge in [-0.05, 0) is 26.0 Å². The minimum Gasteiger partial charge on any atom is -0.352 e. The van der Waals surface area contributed by atoms with Crippen LogP contribution in [0.25, 0.3) is 0 Å². The standard InChI is InChI=1S/C16H20N4O2S/c1-11(2)17-14(21)9-20(3)15(22)13-10-23-16(19-13)18-12-7-5-4-6-8-12/h4-8,10-11H,9H2,1-3H3,(H,17,21)(H,18,19). The first-order valence-electron chi connectivity index (χ1n) is 7.28. The van der Waals surface area contributed by atoms with Gasteiger partial charge < -0.3 is 15.5 Å². The number of anilines is 2. The fourth-order valence-electron chi connectivity index (χ4n) is 1.92. The Morgan fingerprint density at radius 3 is 2.61 bits per heavy atom. The van der Waals surface area contributed by atoms with E-state index in [0.717, 1.165) is 5.69 Å². The molecule has 0 fully saturated rings. The number of para-hydroxylation sites is 1. The Bertz CT molecular complexity index is 670. The average molecular weight is 332 g/mol. The van der Waals surface area contributed by atoms with Gasteiger partial charge in [0.2, 0.25) is 5.91 Å². The summed E-state index contributed by atoms with van der Waals surface area (Å²) >= 11 is 1.35. The molecule has 7 heteroatoms. The number of nitrogens with one attached hydrogen (secondary N) is 2. The van der Waals surface area contributed by atoms with E-state index >= 15 is 0 Å². The van der Waals surface area contributed by atoms with Gasteiger partial charge in [-0.1, -0.05) is 18.2 Å². The van der Waals surface area contributed by atoms with Crippen molar-refractivity contribution in [2.75, 3.05) is 18.9 Å². The van der Waals surface area contributed by atoms with Crippen molar-refractivity contribution in [3.8, 4) is 0 Å². The lowest BCUT2D eigenvalue weighted by molar-refractivity contribution is -0.122. The van der Waals surface area contributed by atoms with Gasteiger partial charge in [0, 0.05) is 24.2 Å². The molecule has 2 rings (SSSR count). The molecule has 1 heterocycles. The molecule has 0 unspecified atom stereocenters. The molecular formula is C16H20N4O2S. The zero-order valence-corrected chi connectivity index (χ0v) is 14.2. The van der Waals surface area contributed by atoms with Gasteiger partial charge in [0.1, 0.15) is 5.69 Å². The van der Waals surface area contributed by atoms with Crippen LogP contribution in [0.3, 0.4) is 0 Å². The molecule has 0 saturated carbocycles. The highest BCUT2D eigenvalue weighted by molar-refractivity contribution is 7.14. The van der Waals surface area contributed by atoms with Gasteiger partial charge >= 0.3 is 0 Å². The summed E-state index contributed by atoms with van der Waals surface area (Å²) in [5.41, 5.74) is 1.23. The monoisotopic (exact) mass is 332 g/mol. The molecule has 0 saturated heterocycles. The number of rotatable bonds is 6. The Hall–Kier alpha value is -2.41. The molecule has 0 radical (unpaired) electrons. The fourth-order valence-corrected chi connectivity index (χ4v) is 2.63. The number of likely N-dealkylation sites (N-methyl/N-ethyl adjacent to an activating group) is 1. The number of amides is 2. The maximum atomic E-state index is 12.3. The SMILES string of the molecule is CC(C)NC(=O)CN(C)C(=O)c1csc(Nc2ccccc2)n1.